The Bertz CT molecular complexity index is 926. The van der Waals surface area contributed by atoms with E-state index in [1.54, 1.807) is 36.7 Å². The zero-order valence-corrected chi connectivity index (χ0v) is 16.2. The third-order valence-electron chi connectivity index (χ3n) is 4.96. The lowest BCUT2D eigenvalue weighted by Crippen LogP contribution is -2.44. The molecule has 0 radical (unpaired) electrons. The summed E-state index contributed by atoms with van der Waals surface area (Å²) >= 11 is 0. The summed E-state index contributed by atoms with van der Waals surface area (Å²) in [6.07, 6.45) is 5.18. The molecule has 0 atom stereocenters. The van der Waals surface area contributed by atoms with Gasteiger partial charge in [-0.3, -0.25) is 9.69 Å². The summed E-state index contributed by atoms with van der Waals surface area (Å²) < 4.78 is 0. The maximum Gasteiger partial charge on any atom is 0.270 e. The number of pyridine rings is 1. The summed E-state index contributed by atoms with van der Waals surface area (Å²) in [6.45, 7) is 2.90. The molecule has 29 heavy (non-hydrogen) atoms. The molecule has 7 nitrogen and oxygen atoms in total. The van der Waals surface area contributed by atoms with Gasteiger partial charge in [0.2, 0.25) is 5.95 Å². The van der Waals surface area contributed by atoms with E-state index in [4.69, 9.17) is 0 Å². The van der Waals surface area contributed by atoms with E-state index >= 15 is 0 Å². The van der Waals surface area contributed by atoms with Crippen LogP contribution in [0, 0.1) is 0 Å². The number of likely N-dealkylation sites (tertiary alicyclic amines) is 1. The molecule has 1 aromatic carbocycles. The smallest absolute Gasteiger partial charge is 0.270 e. The van der Waals surface area contributed by atoms with Crippen molar-refractivity contribution in [2.75, 3.05) is 18.4 Å². The van der Waals surface area contributed by atoms with Gasteiger partial charge in [0.15, 0.2) is 0 Å². The topological polar surface area (TPSA) is 83.0 Å². The number of nitrogens with one attached hydrogen (secondary N) is 2. The number of carbonyl (C=O) groups excluding carboxylic acids is 1. The first-order valence-corrected chi connectivity index (χ1v) is 9.84. The first-order chi connectivity index (χ1) is 14.3. The zero-order chi connectivity index (χ0) is 19.9. The molecule has 0 unspecified atom stereocenters. The van der Waals surface area contributed by atoms with Gasteiger partial charge in [0, 0.05) is 38.1 Å². The van der Waals surface area contributed by atoms with E-state index in [1.165, 1.54) is 5.56 Å². The fourth-order valence-corrected chi connectivity index (χ4v) is 3.45. The van der Waals surface area contributed by atoms with Gasteiger partial charge in [-0.15, -0.1) is 0 Å². The van der Waals surface area contributed by atoms with Crippen LogP contribution in [0.1, 0.15) is 28.9 Å². The van der Waals surface area contributed by atoms with Crippen LogP contribution >= 0.6 is 0 Å². The molecular weight excluding hydrogens is 364 g/mol. The Balaban J connectivity index is 1.29. The Kier molecular flexibility index (Phi) is 6.07. The molecule has 0 spiro atoms. The van der Waals surface area contributed by atoms with Crippen LogP contribution in [-0.2, 0) is 6.54 Å². The maximum absolute atomic E-state index is 12.6. The van der Waals surface area contributed by atoms with Crippen LogP contribution in [0.5, 0.6) is 0 Å². The predicted octanol–water partition coefficient (Wildman–Crippen LogP) is 3.01. The van der Waals surface area contributed by atoms with E-state index in [1.807, 2.05) is 6.07 Å². The standard InChI is InChI=1S/C22H24N6O/c29-21(19-8-4-9-20(26-19)27-22-23-12-5-13-24-22)25-18-10-14-28(15-11-18)16-17-6-2-1-3-7-17/h1-9,12-13,18H,10-11,14-16H2,(H,25,29)(H,23,24,26,27). The molecule has 1 fully saturated rings. The van der Waals surface area contributed by atoms with Gasteiger partial charge in [-0.25, -0.2) is 15.0 Å². The summed E-state index contributed by atoms with van der Waals surface area (Å²) in [7, 11) is 0. The molecule has 3 aromatic rings. The summed E-state index contributed by atoms with van der Waals surface area (Å²) in [6, 6.07) is 17.7. The van der Waals surface area contributed by atoms with Gasteiger partial charge in [0.1, 0.15) is 11.5 Å². The van der Waals surface area contributed by atoms with Crippen molar-refractivity contribution in [2.24, 2.45) is 0 Å². The third kappa shape index (κ3) is 5.36. The normalized spacial score (nSPS) is 15.0. The number of nitrogens with zero attached hydrogens (tertiary/aromatic N) is 4. The minimum atomic E-state index is -0.149. The number of hydrogen-bond acceptors (Lipinski definition) is 6. The minimum absolute atomic E-state index is 0.149. The summed E-state index contributed by atoms with van der Waals surface area (Å²) in [5.41, 5.74) is 1.71. The van der Waals surface area contributed by atoms with Crippen LogP contribution < -0.4 is 10.6 Å². The second kappa shape index (κ2) is 9.25. The second-order valence-electron chi connectivity index (χ2n) is 7.11. The van der Waals surface area contributed by atoms with Gasteiger partial charge >= 0.3 is 0 Å². The highest BCUT2D eigenvalue weighted by molar-refractivity contribution is 5.92. The van der Waals surface area contributed by atoms with Crippen molar-refractivity contribution in [3.63, 3.8) is 0 Å². The third-order valence-corrected chi connectivity index (χ3v) is 4.96. The summed E-state index contributed by atoms with van der Waals surface area (Å²) in [5, 5.41) is 6.14. The van der Waals surface area contributed by atoms with Crippen LogP contribution in [0.25, 0.3) is 0 Å². The highest BCUT2D eigenvalue weighted by atomic mass is 16.1. The first-order valence-electron chi connectivity index (χ1n) is 9.84. The van der Waals surface area contributed by atoms with Crippen molar-refractivity contribution in [2.45, 2.75) is 25.4 Å². The van der Waals surface area contributed by atoms with Crippen LogP contribution in [-0.4, -0.2) is 44.9 Å². The average molecular weight is 388 g/mol. The fraction of sp³-hybridized carbons (Fsp3) is 0.273. The first kappa shape index (κ1) is 19.0. The van der Waals surface area contributed by atoms with Gasteiger partial charge < -0.3 is 10.6 Å². The van der Waals surface area contributed by atoms with Crippen molar-refractivity contribution in [1.82, 2.24) is 25.2 Å². The molecular formula is C22H24N6O. The number of amides is 1. The van der Waals surface area contributed by atoms with E-state index in [9.17, 15) is 4.79 Å². The molecule has 1 aliphatic heterocycles. The minimum Gasteiger partial charge on any atom is -0.348 e. The van der Waals surface area contributed by atoms with E-state index in [-0.39, 0.29) is 11.9 Å². The van der Waals surface area contributed by atoms with Crippen molar-refractivity contribution in [1.29, 1.82) is 0 Å². The average Bonchev–Trinajstić information content (AvgIpc) is 2.77. The Labute approximate surface area is 170 Å². The zero-order valence-electron chi connectivity index (χ0n) is 16.2. The molecule has 148 valence electrons. The lowest BCUT2D eigenvalue weighted by molar-refractivity contribution is 0.0904. The molecule has 4 rings (SSSR count). The van der Waals surface area contributed by atoms with E-state index < -0.39 is 0 Å². The fourth-order valence-electron chi connectivity index (χ4n) is 3.45. The van der Waals surface area contributed by atoms with Gasteiger partial charge in [0.25, 0.3) is 5.91 Å². The van der Waals surface area contributed by atoms with Crippen LogP contribution in [0.15, 0.2) is 67.0 Å². The van der Waals surface area contributed by atoms with Crippen molar-refractivity contribution >= 4 is 17.7 Å². The number of rotatable bonds is 6. The molecule has 0 saturated carbocycles. The molecule has 2 aromatic heterocycles. The van der Waals surface area contributed by atoms with Gasteiger partial charge in [-0.2, -0.15) is 0 Å². The van der Waals surface area contributed by atoms with Crippen LogP contribution in [0.4, 0.5) is 11.8 Å². The highest BCUT2D eigenvalue weighted by Crippen LogP contribution is 2.15. The number of benzene rings is 1. The van der Waals surface area contributed by atoms with Gasteiger partial charge in [-0.1, -0.05) is 36.4 Å². The molecule has 0 aliphatic carbocycles. The predicted molar refractivity (Wildman–Crippen MR) is 112 cm³/mol. The Morgan fingerprint density at radius 3 is 2.48 bits per heavy atom. The molecule has 1 amide bonds. The van der Waals surface area contributed by atoms with E-state index in [0.717, 1.165) is 32.5 Å². The molecule has 3 heterocycles. The lowest BCUT2D eigenvalue weighted by Gasteiger charge is -2.32. The molecule has 1 aliphatic rings. The van der Waals surface area contributed by atoms with E-state index in [0.29, 0.717) is 17.5 Å². The van der Waals surface area contributed by atoms with Crippen molar-refractivity contribution in [3.05, 3.63) is 78.2 Å². The number of carbonyl (C=O) groups is 1. The second-order valence-corrected chi connectivity index (χ2v) is 7.11. The lowest BCUT2D eigenvalue weighted by atomic mass is 10.0. The summed E-state index contributed by atoms with van der Waals surface area (Å²) in [5.74, 6) is 0.842. The SMILES string of the molecule is O=C(NC1CCN(Cc2ccccc2)CC1)c1cccc(Nc2ncccn2)n1. The van der Waals surface area contributed by atoms with Gasteiger partial charge in [-0.05, 0) is 36.6 Å². The Morgan fingerprint density at radius 2 is 1.72 bits per heavy atom. The number of hydrogen-bond donors (Lipinski definition) is 2. The molecule has 1 saturated heterocycles. The monoisotopic (exact) mass is 388 g/mol. The molecule has 7 heteroatoms. The highest BCUT2D eigenvalue weighted by Gasteiger charge is 2.21. The molecule has 2 N–H and O–H groups in total. The van der Waals surface area contributed by atoms with Gasteiger partial charge in [0.05, 0.1) is 0 Å². The Morgan fingerprint density at radius 1 is 0.966 bits per heavy atom. The molecule has 0 bridgehead atoms. The van der Waals surface area contributed by atoms with Crippen LogP contribution in [0.2, 0.25) is 0 Å². The number of aromatic nitrogens is 3. The Hall–Kier alpha value is -3.32. The number of piperidine rings is 1. The van der Waals surface area contributed by atoms with Crippen molar-refractivity contribution < 1.29 is 4.79 Å². The van der Waals surface area contributed by atoms with Crippen molar-refractivity contribution in [3.8, 4) is 0 Å². The number of anilines is 2. The summed E-state index contributed by atoms with van der Waals surface area (Å²) in [4.78, 5) is 27.7. The largest absolute Gasteiger partial charge is 0.348 e. The quantitative estimate of drug-likeness (QED) is 0.675. The maximum atomic E-state index is 12.6. The van der Waals surface area contributed by atoms with Crippen LogP contribution in [0.3, 0.4) is 0 Å². The van der Waals surface area contributed by atoms with E-state index in [2.05, 4.69) is 54.8 Å².